The number of alkyl carbamates (subject to hydrolysis) is 1. The van der Waals surface area contributed by atoms with Gasteiger partial charge in [0.05, 0.1) is 18.9 Å². The summed E-state index contributed by atoms with van der Waals surface area (Å²) < 4.78 is 44.9. The average Bonchev–Trinajstić information content (AvgIpc) is 3.96. The predicted molar refractivity (Wildman–Crippen MR) is 187 cm³/mol. The third kappa shape index (κ3) is 7.77. The smallest absolute Gasteiger partial charge is 0.408 e. The highest BCUT2D eigenvalue weighted by molar-refractivity contribution is 7.91. The van der Waals surface area contributed by atoms with Crippen LogP contribution in [0.25, 0.3) is 10.8 Å². The molecule has 4 aliphatic rings. The number of fused-ring (bicyclic) bond motifs is 1. The van der Waals surface area contributed by atoms with Crippen LogP contribution in [0.3, 0.4) is 0 Å². The van der Waals surface area contributed by atoms with E-state index in [2.05, 4.69) is 26.9 Å². The van der Waals surface area contributed by atoms with Crippen molar-refractivity contribution in [2.24, 2.45) is 11.3 Å². The first-order chi connectivity index (χ1) is 24.1. The van der Waals surface area contributed by atoms with Crippen LogP contribution in [0.15, 0.2) is 43.1 Å². The van der Waals surface area contributed by atoms with E-state index in [-0.39, 0.29) is 25.5 Å². The summed E-state index contributed by atoms with van der Waals surface area (Å²) in [6.45, 7) is 9.15. The van der Waals surface area contributed by atoms with Crippen LogP contribution < -0.4 is 24.8 Å². The molecule has 51 heavy (non-hydrogen) atoms. The molecule has 4 fully saturated rings. The maximum atomic E-state index is 14.5. The van der Waals surface area contributed by atoms with Crippen molar-refractivity contribution >= 4 is 44.6 Å². The first-order valence-electron chi connectivity index (χ1n) is 17.5. The lowest BCUT2D eigenvalue weighted by atomic mass is 9.85. The zero-order valence-corrected chi connectivity index (χ0v) is 30.3. The zero-order valence-electron chi connectivity index (χ0n) is 29.5. The number of rotatable bonds is 12. The Morgan fingerprint density at radius 1 is 1.08 bits per heavy atom. The molecule has 1 aliphatic heterocycles. The summed E-state index contributed by atoms with van der Waals surface area (Å²) >= 11 is 0. The minimum atomic E-state index is -3.89. The Bertz CT molecular complexity index is 1820. The van der Waals surface area contributed by atoms with Crippen molar-refractivity contribution in [1.29, 1.82) is 0 Å². The molecule has 3 saturated carbocycles. The largest absolute Gasteiger partial charge is 0.497 e. The van der Waals surface area contributed by atoms with Crippen LogP contribution in [0.5, 0.6) is 11.6 Å². The summed E-state index contributed by atoms with van der Waals surface area (Å²) in [5.74, 6) is -1.58. The van der Waals surface area contributed by atoms with Gasteiger partial charge in [0.2, 0.25) is 27.7 Å². The van der Waals surface area contributed by atoms with Crippen molar-refractivity contribution < 1.29 is 41.8 Å². The Balaban J connectivity index is 1.27. The van der Waals surface area contributed by atoms with Crippen LogP contribution in [0.4, 0.5) is 4.79 Å². The third-order valence-electron chi connectivity index (χ3n) is 10.3. The number of nitrogens with one attached hydrogen (secondary N) is 3. The number of methoxy groups -OCH3 is 1. The summed E-state index contributed by atoms with van der Waals surface area (Å²) in [5, 5.41) is 6.44. The molecule has 276 valence electrons. The fraction of sp³-hybridized carbons (Fsp3) is 0.583. The summed E-state index contributed by atoms with van der Waals surface area (Å²) in [6.07, 6.45) is 6.00. The van der Waals surface area contributed by atoms with Crippen LogP contribution in [0.1, 0.15) is 72.1 Å². The number of likely N-dealkylation sites (tertiary alicyclic amines) is 1. The van der Waals surface area contributed by atoms with Crippen molar-refractivity contribution in [1.82, 2.24) is 25.2 Å². The number of carbonyl (C=O) groups is 4. The van der Waals surface area contributed by atoms with Gasteiger partial charge in [-0.1, -0.05) is 26.8 Å². The van der Waals surface area contributed by atoms with Crippen LogP contribution in [0.2, 0.25) is 0 Å². The second kappa shape index (κ2) is 14.0. The number of carbonyl (C=O) groups excluding carboxylic acids is 4. The zero-order chi connectivity index (χ0) is 36.7. The van der Waals surface area contributed by atoms with Crippen LogP contribution >= 0.6 is 0 Å². The lowest BCUT2D eigenvalue weighted by Gasteiger charge is -2.35. The molecule has 0 spiro atoms. The van der Waals surface area contributed by atoms with Gasteiger partial charge in [0.25, 0.3) is 5.91 Å². The van der Waals surface area contributed by atoms with Gasteiger partial charge >= 0.3 is 6.09 Å². The number of sulfonamides is 1. The van der Waals surface area contributed by atoms with Crippen molar-refractivity contribution in [2.75, 3.05) is 13.7 Å². The van der Waals surface area contributed by atoms with Gasteiger partial charge < -0.3 is 29.7 Å². The molecule has 0 radical (unpaired) electrons. The molecular weight excluding hydrogens is 678 g/mol. The quantitative estimate of drug-likeness (QED) is 0.275. The minimum Gasteiger partial charge on any atom is -0.497 e. The molecule has 4 amide bonds. The van der Waals surface area contributed by atoms with Crippen molar-refractivity contribution in [2.45, 2.75) is 107 Å². The molecule has 3 aliphatic carbocycles. The summed E-state index contributed by atoms with van der Waals surface area (Å²) in [5.41, 5.74) is -2.33. The second-order valence-corrected chi connectivity index (χ2v) is 17.1. The predicted octanol–water partition coefficient (Wildman–Crippen LogP) is 3.34. The Morgan fingerprint density at radius 2 is 1.80 bits per heavy atom. The molecule has 14 nitrogen and oxygen atoms in total. The maximum absolute atomic E-state index is 14.5. The lowest BCUT2D eigenvalue weighted by molar-refractivity contribution is -0.143. The van der Waals surface area contributed by atoms with E-state index in [0.717, 1.165) is 31.1 Å². The van der Waals surface area contributed by atoms with Gasteiger partial charge in [0.1, 0.15) is 35.6 Å². The van der Waals surface area contributed by atoms with Crippen molar-refractivity contribution in [3.8, 4) is 11.6 Å². The fourth-order valence-electron chi connectivity index (χ4n) is 7.03. The summed E-state index contributed by atoms with van der Waals surface area (Å²) in [4.78, 5) is 61.0. The Morgan fingerprint density at radius 3 is 2.43 bits per heavy atom. The van der Waals surface area contributed by atoms with Crippen molar-refractivity contribution in [3.05, 3.63) is 43.1 Å². The molecule has 3 N–H and O–H groups in total. The van der Waals surface area contributed by atoms with Gasteiger partial charge in [-0.05, 0) is 80.0 Å². The summed E-state index contributed by atoms with van der Waals surface area (Å²) in [6, 6.07) is 5.04. The Hall–Kier alpha value is -4.40. The highest BCUT2D eigenvalue weighted by Gasteiger charge is 2.62. The number of pyridine rings is 1. The number of hydrogen-bond acceptors (Lipinski definition) is 10. The van der Waals surface area contributed by atoms with E-state index in [1.54, 1.807) is 40.1 Å². The van der Waals surface area contributed by atoms with Gasteiger partial charge in [-0.25, -0.2) is 18.2 Å². The third-order valence-corrected chi connectivity index (χ3v) is 12.1. The molecular formula is C36H47N5O9S. The molecule has 1 aromatic carbocycles. The number of nitrogens with zero attached hydrogens (tertiary/aromatic N) is 2. The summed E-state index contributed by atoms with van der Waals surface area (Å²) in [7, 11) is -2.32. The second-order valence-electron chi connectivity index (χ2n) is 15.1. The lowest BCUT2D eigenvalue weighted by Crippen LogP contribution is -2.60. The molecule has 2 heterocycles. The molecule has 6 rings (SSSR count). The molecule has 15 heteroatoms. The van der Waals surface area contributed by atoms with E-state index < -0.39 is 74.1 Å². The van der Waals surface area contributed by atoms with E-state index in [4.69, 9.17) is 14.2 Å². The van der Waals surface area contributed by atoms with Gasteiger partial charge in [0.15, 0.2) is 0 Å². The van der Waals surface area contributed by atoms with E-state index in [9.17, 15) is 27.6 Å². The standard InChI is InChI=1S/C36H47N5O9S/c1-6-22-19-36(22,33(44)40-51(46,47)26-12-13-26)39-30(42)28-18-25(49-31-27-14-11-24(48-5)17-21(27)15-16-37-31)20-41(28)32(43)29(35(2,3)4)38-34(45)50-23-9-7-8-10-23/h6,11,14-17,22-23,25-26,28-29H,1,7-10,12-13,18-20H2,2-5H3,(H,38,45)(H,39,42)(H,40,44). The monoisotopic (exact) mass is 725 g/mol. The minimum absolute atomic E-state index is 0.0305. The van der Waals surface area contributed by atoms with Gasteiger partial charge in [-0.2, -0.15) is 0 Å². The number of hydrogen-bond donors (Lipinski definition) is 3. The van der Waals surface area contributed by atoms with Gasteiger partial charge in [-0.15, -0.1) is 6.58 Å². The molecule has 5 unspecified atom stereocenters. The van der Waals surface area contributed by atoms with E-state index in [1.165, 1.54) is 11.0 Å². The van der Waals surface area contributed by atoms with Crippen molar-refractivity contribution in [3.63, 3.8) is 0 Å². The van der Waals surface area contributed by atoms with E-state index in [1.807, 2.05) is 18.2 Å². The fourth-order valence-corrected chi connectivity index (χ4v) is 8.39. The Kier molecular flexibility index (Phi) is 9.96. The highest BCUT2D eigenvalue weighted by Crippen LogP contribution is 2.45. The number of amides is 4. The highest BCUT2D eigenvalue weighted by atomic mass is 32.2. The molecule has 1 saturated heterocycles. The topological polar surface area (TPSA) is 182 Å². The van der Waals surface area contributed by atoms with Crippen LogP contribution in [-0.4, -0.2) is 90.9 Å². The number of ether oxygens (including phenoxy) is 3. The molecule has 5 atom stereocenters. The maximum Gasteiger partial charge on any atom is 0.408 e. The Labute approximate surface area is 298 Å². The molecule has 2 aromatic rings. The van der Waals surface area contributed by atoms with E-state index in [0.29, 0.717) is 29.9 Å². The number of benzene rings is 1. The van der Waals surface area contributed by atoms with Crippen LogP contribution in [0, 0.1) is 11.3 Å². The van der Waals surface area contributed by atoms with Crippen LogP contribution in [-0.2, 0) is 29.1 Å². The first kappa shape index (κ1) is 36.4. The van der Waals surface area contributed by atoms with Gasteiger partial charge in [0, 0.05) is 23.9 Å². The molecule has 1 aromatic heterocycles. The first-order valence-corrected chi connectivity index (χ1v) is 19.1. The molecule has 0 bridgehead atoms. The normalized spacial score (nSPS) is 25.5. The average molecular weight is 726 g/mol. The van der Waals surface area contributed by atoms with Gasteiger partial charge in [-0.3, -0.25) is 19.1 Å². The van der Waals surface area contributed by atoms with E-state index >= 15 is 0 Å². The SMILES string of the molecule is C=CC1CC1(NC(=O)C1CC(Oc2nccc3cc(OC)ccc23)CN1C(=O)C(NC(=O)OC1CCCC1)C(C)(C)C)C(=O)NS(=O)(=O)C1CC1. The number of aromatic nitrogens is 1.